The average molecular weight is 655 g/mol. The lowest BCUT2D eigenvalue weighted by molar-refractivity contribution is -0.385. The minimum absolute atomic E-state index is 0.0165. The Labute approximate surface area is 242 Å². The summed E-state index contributed by atoms with van der Waals surface area (Å²) in [5, 5.41) is 13.9. The van der Waals surface area contributed by atoms with Crippen LogP contribution in [0.2, 0.25) is 5.02 Å². The highest BCUT2D eigenvalue weighted by atomic mass is 79.9. The molecular weight excluding hydrogens is 639 g/mol. The predicted molar refractivity (Wildman–Crippen MR) is 144 cm³/mol. The number of imide groups is 2. The fourth-order valence-electron chi connectivity index (χ4n) is 3.71. The Morgan fingerprint density at radius 1 is 1.07 bits per heavy atom. The number of urea groups is 1. The molecule has 0 spiro atoms. The lowest BCUT2D eigenvalue weighted by Crippen LogP contribution is -2.54. The summed E-state index contributed by atoms with van der Waals surface area (Å²) >= 11 is 9.12. The van der Waals surface area contributed by atoms with E-state index >= 15 is 0 Å². The first-order valence-electron chi connectivity index (χ1n) is 11.5. The molecule has 0 bridgehead atoms. The molecule has 3 aromatic rings. The van der Waals surface area contributed by atoms with Crippen molar-refractivity contribution in [2.24, 2.45) is 0 Å². The van der Waals surface area contributed by atoms with Gasteiger partial charge in [-0.05, 0) is 83.0 Å². The third-order valence-corrected chi connectivity index (χ3v) is 6.37. The largest absolute Gasteiger partial charge is 0.490 e. The number of hydrogen-bond donors (Lipinski definition) is 1. The van der Waals surface area contributed by atoms with E-state index < -0.39 is 51.5 Å². The topological polar surface area (TPSA) is 128 Å². The van der Waals surface area contributed by atoms with Crippen LogP contribution in [0.1, 0.15) is 18.1 Å². The second-order valence-electron chi connectivity index (χ2n) is 8.24. The van der Waals surface area contributed by atoms with Gasteiger partial charge in [0.1, 0.15) is 5.57 Å². The van der Waals surface area contributed by atoms with Crippen LogP contribution in [-0.4, -0.2) is 29.4 Å². The van der Waals surface area contributed by atoms with Gasteiger partial charge in [0.05, 0.1) is 27.3 Å². The molecule has 1 fully saturated rings. The van der Waals surface area contributed by atoms with Crippen LogP contribution in [0.3, 0.4) is 0 Å². The molecule has 1 saturated heterocycles. The van der Waals surface area contributed by atoms with Crippen molar-refractivity contribution in [3.63, 3.8) is 0 Å². The molecule has 0 unspecified atom stereocenters. The Morgan fingerprint density at radius 2 is 1.76 bits per heavy atom. The Hall–Kier alpha value is -4.43. The molecule has 212 valence electrons. The van der Waals surface area contributed by atoms with Gasteiger partial charge in [0.2, 0.25) is 5.75 Å². The molecule has 0 aliphatic carbocycles. The molecule has 1 heterocycles. The molecule has 4 amide bonds. The summed E-state index contributed by atoms with van der Waals surface area (Å²) in [7, 11) is 0. The summed E-state index contributed by atoms with van der Waals surface area (Å²) in [5.41, 5.74) is -2.19. The second-order valence-corrected chi connectivity index (χ2v) is 9.53. The molecule has 4 rings (SSSR count). The summed E-state index contributed by atoms with van der Waals surface area (Å²) < 4.78 is 50.6. The van der Waals surface area contributed by atoms with E-state index in [9.17, 15) is 37.7 Å². The van der Waals surface area contributed by atoms with Crippen molar-refractivity contribution in [2.45, 2.75) is 13.1 Å². The van der Waals surface area contributed by atoms with E-state index in [1.807, 2.05) is 0 Å². The molecule has 0 saturated carbocycles. The Morgan fingerprint density at radius 3 is 2.37 bits per heavy atom. The number of alkyl halides is 3. The maximum absolute atomic E-state index is 13.2. The third-order valence-electron chi connectivity index (χ3n) is 5.52. The van der Waals surface area contributed by atoms with E-state index in [4.69, 9.17) is 21.1 Å². The van der Waals surface area contributed by atoms with Gasteiger partial charge in [-0.3, -0.25) is 25.0 Å². The van der Waals surface area contributed by atoms with Crippen molar-refractivity contribution in [1.82, 2.24) is 5.32 Å². The van der Waals surface area contributed by atoms with Gasteiger partial charge in [0.15, 0.2) is 11.5 Å². The van der Waals surface area contributed by atoms with Gasteiger partial charge in [-0.15, -0.1) is 0 Å². The number of nitrogens with one attached hydrogen (secondary N) is 1. The molecule has 0 radical (unpaired) electrons. The van der Waals surface area contributed by atoms with Crippen LogP contribution in [0.15, 0.2) is 64.6 Å². The number of benzene rings is 3. The van der Waals surface area contributed by atoms with E-state index in [-0.39, 0.29) is 33.8 Å². The standard InChI is InChI=1S/C26H16BrClF3N3O7/c1-2-40-21-11-13(9-17-23(35)32-25(37)33(24(17)36)16-6-4-15(28)5-7-16)10-18(27)22(21)41-20-8-3-14(26(29,30)31)12-19(20)34(38)39/h3-12H,2H2,1H3,(H,32,35,37)/b17-9+. The van der Waals surface area contributed by atoms with Gasteiger partial charge in [-0.1, -0.05) is 11.6 Å². The number of carbonyl (C=O) groups excluding carboxylic acids is 3. The molecule has 15 heteroatoms. The van der Waals surface area contributed by atoms with Crippen molar-refractivity contribution in [2.75, 3.05) is 11.5 Å². The molecule has 1 aliphatic heterocycles. The number of ether oxygens (including phenoxy) is 2. The van der Waals surface area contributed by atoms with Crippen molar-refractivity contribution in [1.29, 1.82) is 0 Å². The molecule has 0 atom stereocenters. The zero-order valence-electron chi connectivity index (χ0n) is 20.6. The normalized spacial score (nSPS) is 14.7. The Kier molecular flexibility index (Phi) is 8.35. The van der Waals surface area contributed by atoms with E-state index in [1.54, 1.807) is 6.92 Å². The number of amides is 4. The number of nitro benzene ring substituents is 1. The van der Waals surface area contributed by atoms with Crippen LogP contribution in [0.25, 0.3) is 6.08 Å². The molecule has 3 aromatic carbocycles. The molecule has 0 aromatic heterocycles. The van der Waals surface area contributed by atoms with Gasteiger partial charge in [0.25, 0.3) is 11.8 Å². The molecular formula is C26H16BrClF3N3O7. The molecule has 10 nitrogen and oxygen atoms in total. The Bertz CT molecular complexity index is 1610. The Balaban J connectivity index is 1.74. The average Bonchev–Trinajstić information content (AvgIpc) is 2.89. The minimum Gasteiger partial charge on any atom is -0.490 e. The third kappa shape index (κ3) is 6.33. The fourth-order valence-corrected chi connectivity index (χ4v) is 4.38. The zero-order chi connectivity index (χ0) is 30.1. The first-order chi connectivity index (χ1) is 19.3. The van der Waals surface area contributed by atoms with Crippen molar-refractivity contribution < 1.29 is 42.0 Å². The summed E-state index contributed by atoms with van der Waals surface area (Å²) in [6.07, 6.45) is -3.63. The van der Waals surface area contributed by atoms with Crippen molar-refractivity contribution >= 4 is 62.8 Å². The van der Waals surface area contributed by atoms with Gasteiger partial charge in [-0.25, -0.2) is 9.69 Å². The van der Waals surface area contributed by atoms with E-state index in [0.29, 0.717) is 17.2 Å². The number of carbonyl (C=O) groups is 3. The van der Waals surface area contributed by atoms with Crippen LogP contribution in [0.4, 0.5) is 29.3 Å². The SMILES string of the molecule is CCOc1cc(/C=C2\C(=O)NC(=O)N(c3ccc(Cl)cc3)C2=O)cc(Br)c1Oc1ccc(C(F)(F)F)cc1[N+](=O)[O-]. The number of nitrogens with zero attached hydrogens (tertiary/aromatic N) is 2. The lowest BCUT2D eigenvalue weighted by atomic mass is 10.1. The van der Waals surface area contributed by atoms with Crippen LogP contribution in [0.5, 0.6) is 17.2 Å². The highest BCUT2D eigenvalue weighted by molar-refractivity contribution is 9.10. The van der Waals surface area contributed by atoms with E-state index in [0.717, 1.165) is 11.0 Å². The van der Waals surface area contributed by atoms with E-state index in [1.165, 1.54) is 42.5 Å². The number of barbiturate groups is 1. The quantitative estimate of drug-likeness (QED) is 0.127. The molecule has 1 N–H and O–H groups in total. The summed E-state index contributed by atoms with van der Waals surface area (Å²) in [4.78, 5) is 49.4. The van der Waals surface area contributed by atoms with Gasteiger partial charge >= 0.3 is 17.9 Å². The molecule has 41 heavy (non-hydrogen) atoms. The van der Waals surface area contributed by atoms with Gasteiger partial charge in [-0.2, -0.15) is 13.2 Å². The maximum Gasteiger partial charge on any atom is 0.416 e. The summed E-state index contributed by atoms with van der Waals surface area (Å²) in [6, 6.07) is 9.32. The van der Waals surface area contributed by atoms with Crippen LogP contribution in [-0.2, 0) is 15.8 Å². The van der Waals surface area contributed by atoms with Crippen LogP contribution < -0.4 is 19.7 Å². The number of hydrogen-bond acceptors (Lipinski definition) is 7. The predicted octanol–water partition coefficient (Wildman–Crippen LogP) is 6.89. The maximum atomic E-state index is 13.2. The number of anilines is 1. The van der Waals surface area contributed by atoms with Crippen LogP contribution >= 0.6 is 27.5 Å². The first-order valence-corrected chi connectivity index (χ1v) is 12.6. The second kappa shape index (κ2) is 11.6. The van der Waals surface area contributed by atoms with Crippen LogP contribution in [0, 0.1) is 10.1 Å². The number of rotatable bonds is 7. The van der Waals surface area contributed by atoms with Crippen molar-refractivity contribution in [3.8, 4) is 17.2 Å². The lowest BCUT2D eigenvalue weighted by Gasteiger charge is -2.26. The summed E-state index contributed by atoms with van der Waals surface area (Å²) in [6.45, 7) is 1.70. The van der Waals surface area contributed by atoms with Gasteiger partial charge < -0.3 is 9.47 Å². The fraction of sp³-hybridized carbons (Fsp3) is 0.115. The molecule has 1 aliphatic rings. The van der Waals surface area contributed by atoms with Gasteiger partial charge in [0, 0.05) is 11.1 Å². The highest BCUT2D eigenvalue weighted by Gasteiger charge is 2.37. The number of nitro groups is 1. The zero-order valence-corrected chi connectivity index (χ0v) is 23.0. The highest BCUT2D eigenvalue weighted by Crippen LogP contribution is 2.44. The number of halogens is 5. The monoisotopic (exact) mass is 653 g/mol. The first kappa shape index (κ1) is 29.6. The summed E-state index contributed by atoms with van der Waals surface area (Å²) in [5.74, 6) is -2.50. The van der Waals surface area contributed by atoms with E-state index in [2.05, 4.69) is 21.2 Å². The smallest absolute Gasteiger partial charge is 0.416 e. The minimum atomic E-state index is -4.81. The van der Waals surface area contributed by atoms with Crippen molar-refractivity contribution in [3.05, 3.63) is 90.9 Å².